The quantitative estimate of drug-likeness (QED) is 0.0318. The molecule has 4 N–H and O–H groups in total. The van der Waals surface area contributed by atoms with Crippen LogP contribution in [-0.2, 0) is 38.3 Å². The molecule has 0 aromatic rings. The van der Waals surface area contributed by atoms with Gasteiger partial charge in [-0.3, -0.25) is 9.35 Å². The fourth-order valence-corrected chi connectivity index (χ4v) is 5.88. The van der Waals surface area contributed by atoms with Crippen LogP contribution >= 0.6 is 0 Å². The van der Waals surface area contributed by atoms with Crippen LogP contribution < -0.4 is 0 Å². The highest BCUT2D eigenvalue weighted by atomic mass is 32.3. The Bertz CT molecular complexity index is 900. The summed E-state index contributed by atoms with van der Waals surface area (Å²) in [6.45, 7) is 3.87. The molecule has 0 saturated carbocycles. The molecule has 6 unspecified atom stereocenters. The van der Waals surface area contributed by atoms with Gasteiger partial charge in [-0.2, -0.15) is 8.42 Å². The molecule has 13 heteroatoms. The summed E-state index contributed by atoms with van der Waals surface area (Å²) >= 11 is 0. The maximum atomic E-state index is 12.6. The monoisotopic (exact) mass is 696 g/mol. The molecule has 1 rings (SSSR count). The summed E-state index contributed by atoms with van der Waals surface area (Å²) in [5, 5.41) is 30.4. The van der Waals surface area contributed by atoms with Crippen molar-refractivity contribution in [3.05, 3.63) is 12.2 Å². The van der Waals surface area contributed by atoms with E-state index < -0.39 is 59.8 Å². The molecular formula is C34H64O12S. The first-order valence-corrected chi connectivity index (χ1v) is 19.3. The second-order valence-corrected chi connectivity index (χ2v) is 13.5. The number of aliphatic hydroxyl groups excluding tert-OH is 3. The van der Waals surface area contributed by atoms with Crippen LogP contribution in [-0.4, -0.2) is 97.5 Å². The average molecular weight is 697 g/mol. The van der Waals surface area contributed by atoms with Crippen LogP contribution in [0, 0.1) is 0 Å². The summed E-state index contributed by atoms with van der Waals surface area (Å²) in [4.78, 5) is 12.6. The van der Waals surface area contributed by atoms with Crippen molar-refractivity contribution >= 4 is 16.4 Å². The van der Waals surface area contributed by atoms with E-state index in [4.69, 9.17) is 23.5 Å². The van der Waals surface area contributed by atoms with Gasteiger partial charge in [0.2, 0.25) is 0 Å². The van der Waals surface area contributed by atoms with Gasteiger partial charge in [0.05, 0.1) is 19.8 Å². The van der Waals surface area contributed by atoms with Gasteiger partial charge < -0.3 is 34.3 Å². The molecule has 0 aliphatic carbocycles. The number of ether oxygens (including phenoxy) is 4. The zero-order valence-corrected chi connectivity index (χ0v) is 29.7. The first-order chi connectivity index (χ1) is 22.6. The number of aliphatic hydroxyl groups is 3. The molecule has 0 radical (unpaired) electrons. The third-order valence-corrected chi connectivity index (χ3v) is 8.60. The summed E-state index contributed by atoms with van der Waals surface area (Å²) in [5.41, 5.74) is 0. The number of unbranched alkanes of at least 4 members (excludes halogenated alkanes) is 15. The van der Waals surface area contributed by atoms with Crippen molar-refractivity contribution < 1.29 is 56.2 Å². The Hall–Kier alpha value is -1.16. The number of allylic oxidation sites excluding steroid dienone is 2. The van der Waals surface area contributed by atoms with E-state index in [9.17, 15) is 28.5 Å². The summed E-state index contributed by atoms with van der Waals surface area (Å²) in [5.74, 6) is -0.409. The summed E-state index contributed by atoms with van der Waals surface area (Å²) in [6, 6.07) is 0. The Labute approximate surface area is 283 Å². The molecular weight excluding hydrogens is 632 g/mol. The van der Waals surface area contributed by atoms with Crippen molar-refractivity contribution in [2.75, 3.05) is 26.4 Å². The lowest BCUT2D eigenvalue weighted by Crippen LogP contribution is -2.60. The number of carbonyl (C=O) groups excluding carboxylic acids is 1. The smallest absolute Gasteiger partial charge is 0.397 e. The minimum Gasteiger partial charge on any atom is -0.457 e. The van der Waals surface area contributed by atoms with E-state index in [0.717, 1.165) is 44.9 Å². The Morgan fingerprint density at radius 1 is 0.787 bits per heavy atom. The SMILES string of the molecule is CCCCC/C=C\CCCCCCCCOCC(COC1OC(CO)C(O)C(OS(=O)(=O)O)C1O)OC(=O)CCCCCCCCC. The van der Waals surface area contributed by atoms with Gasteiger partial charge in [0.15, 0.2) is 6.29 Å². The number of hydrogen-bond donors (Lipinski definition) is 4. The fraction of sp³-hybridized carbons (Fsp3) is 0.912. The average Bonchev–Trinajstić information content (AvgIpc) is 3.03. The van der Waals surface area contributed by atoms with Crippen molar-refractivity contribution in [1.82, 2.24) is 0 Å². The lowest BCUT2D eigenvalue weighted by Gasteiger charge is -2.41. The molecule has 1 saturated heterocycles. The largest absolute Gasteiger partial charge is 0.457 e. The molecule has 0 aromatic heterocycles. The topological polar surface area (TPSA) is 178 Å². The molecule has 0 bridgehead atoms. The zero-order chi connectivity index (χ0) is 34.8. The van der Waals surface area contributed by atoms with Crippen molar-refractivity contribution in [1.29, 1.82) is 0 Å². The minimum absolute atomic E-state index is 0.0349. The summed E-state index contributed by atoms with van der Waals surface area (Å²) < 4.78 is 58.5. The van der Waals surface area contributed by atoms with Gasteiger partial charge in [-0.25, -0.2) is 4.18 Å². The van der Waals surface area contributed by atoms with Gasteiger partial charge in [-0.05, 0) is 38.5 Å². The minimum atomic E-state index is -5.05. The van der Waals surface area contributed by atoms with E-state index in [1.165, 1.54) is 64.2 Å². The van der Waals surface area contributed by atoms with Gasteiger partial charge in [-0.15, -0.1) is 0 Å². The number of hydrogen-bond acceptors (Lipinski definition) is 11. The molecule has 1 fully saturated rings. The number of esters is 1. The first kappa shape index (κ1) is 43.9. The van der Waals surface area contributed by atoms with Crippen LogP contribution in [0.5, 0.6) is 0 Å². The molecule has 0 amide bonds. The highest BCUT2D eigenvalue weighted by molar-refractivity contribution is 7.80. The lowest BCUT2D eigenvalue weighted by molar-refractivity contribution is -0.301. The predicted molar refractivity (Wildman–Crippen MR) is 179 cm³/mol. The van der Waals surface area contributed by atoms with E-state index in [0.29, 0.717) is 13.0 Å². The fourth-order valence-electron chi connectivity index (χ4n) is 5.37. The van der Waals surface area contributed by atoms with Crippen molar-refractivity contribution in [3.8, 4) is 0 Å². The molecule has 1 aliphatic heterocycles. The van der Waals surface area contributed by atoms with Crippen LogP contribution in [0.4, 0.5) is 0 Å². The van der Waals surface area contributed by atoms with Gasteiger partial charge in [-0.1, -0.05) is 103 Å². The highest BCUT2D eigenvalue weighted by Crippen LogP contribution is 2.26. The Balaban J connectivity index is 2.52. The van der Waals surface area contributed by atoms with Gasteiger partial charge in [0.1, 0.15) is 30.5 Å². The maximum absolute atomic E-state index is 12.6. The normalized spacial score (nSPS) is 22.6. The second-order valence-electron chi connectivity index (χ2n) is 12.5. The summed E-state index contributed by atoms with van der Waals surface area (Å²) in [7, 11) is -5.05. The van der Waals surface area contributed by atoms with Crippen LogP contribution in [0.2, 0.25) is 0 Å². The van der Waals surface area contributed by atoms with Crippen LogP contribution in [0.3, 0.4) is 0 Å². The molecule has 1 heterocycles. The number of carbonyl (C=O) groups is 1. The van der Waals surface area contributed by atoms with E-state index in [1.807, 2.05) is 0 Å². The second kappa shape index (κ2) is 27.6. The van der Waals surface area contributed by atoms with E-state index in [-0.39, 0.29) is 19.6 Å². The van der Waals surface area contributed by atoms with E-state index >= 15 is 0 Å². The third-order valence-electron chi connectivity index (χ3n) is 8.14. The van der Waals surface area contributed by atoms with Gasteiger partial charge in [0.25, 0.3) is 0 Å². The predicted octanol–water partition coefficient (Wildman–Crippen LogP) is 5.57. The van der Waals surface area contributed by atoms with Gasteiger partial charge in [0, 0.05) is 13.0 Å². The Morgan fingerprint density at radius 2 is 1.34 bits per heavy atom. The van der Waals surface area contributed by atoms with E-state index in [2.05, 4.69) is 30.2 Å². The van der Waals surface area contributed by atoms with E-state index in [1.54, 1.807) is 0 Å². The Morgan fingerprint density at radius 3 is 1.96 bits per heavy atom. The maximum Gasteiger partial charge on any atom is 0.397 e. The summed E-state index contributed by atoms with van der Waals surface area (Å²) in [6.07, 6.45) is 15.7. The standard InChI is InChI=1S/C34H64O12S/c1-3-5-7-9-11-12-13-14-15-16-18-20-22-24-42-26-28(44-30(36)23-21-19-17-10-8-6-4-2)27-43-34-32(38)33(46-47(39,40)41)31(37)29(25-35)45-34/h11-12,28-29,31-35,37-38H,3-10,13-27H2,1-2H3,(H,39,40,41)/b12-11-. The molecule has 278 valence electrons. The molecule has 1 aliphatic rings. The van der Waals surface area contributed by atoms with Gasteiger partial charge >= 0.3 is 16.4 Å². The van der Waals surface area contributed by atoms with Crippen LogP contribution in [0.1, 0.15) is 136 Å². The first-order valence-electron chi connectivity index (χ1n) is 17.9. The van der Waals surface area contributed by atoms with Crippen LogP contribution in [0.25, 0.3) is 0 Å². The molecule has 12 nitrogen and oxygen atoms in total. The molecule has 47 heavy (non-hydrogen) atoms. The number of rotatable bonds is 30. The Kier molecular flexibility index (Phi) is 25.8. The van der Waals surface area contributed by atoms with Crippen molar-refractivity contribution in [2.45, 2.75) is 173 Å². The zero-order valence-electron chi connectivity index (χ0n) is 28.8. The molecule has 0 spiro atoms. The molecule has 0 aromatic carbocycles. The molecule has 6 atom stereocenters. The van der Waals surface area contributed by atoms with Crippen molar-refractivity contribution in [2.24, 2.45) is 0 Å². The van der Waals surface area contributed by atoms with Crippen molar-refractivity contribution in [3.63, 3.8) is 0 Å². The lowest BCUT2D eigenvalue weighted by atomic mass is 9.99. The highest BCUT2D eigenvalue weighted by Gasteiger charge is 2.48. The third kappa shape index (κ3) is 22.2. The van der Waals surface area contributed by atoms with Crippen LogP contribution in [0.15, 0.2) is 12.2 Å².